The minimum atomic E-state index is -0.987. The Morgan fingerprint density at radius 2 is 2.24 bits per heavy atom. The second-order valence-electron chi connectivity index (χ2n) is 3.68. The van der Waals surface area contributed by atoms with Crippen molar-refractivity contribution >= 4 is 22.1 Å². The molecule has 4 heteroatoms. The molecule has 1 aromatic heterocycles. The molecule has 0 aliphatic rings. The van der Waals surface area contributed by atoms with Gasteiger partial charge in [0.15, 0.2) is 0 Å². The molecule has 2 nitrogen and oxygen atoms in total. The fourth-order valence-electron chi connectivity index (χ4n) is 1.53. The molecule has 0 N–H and O–H groups in total. The molecule has 1 atom stereocenters. The van der Waals surface area contributed by atoms with Crippen LogP contribution in [0.5, 0.6) is 0 Å². The summed E-state index contributed by atoms with van der Waals surface area (Å²) in [7, 11) is -0.987. The molecule has 0 saturated heterocycles. The van der Waals surface area contributed by atoms with Crippen LogP contribution in [0.15, 0.2) is 39.9 Å². The highest BCUT2D eigenvalue weighted by atomic mass is 32.2. The second-order valence-corrected chi connectivity index (χ2v) is 6.30. The first-order valence-electron chi connectivity index (χ1n) is 5.12. The van der Waals surface area contributed by atoms with Crippen LogP contribution in [0.25, 0.3) is 0 Å². The number of rotatable bonds is 3. The van der Waals surface area contributed by atoms with Crippen molar-refractivity contribution in [1.82, 2.24) is 0 Å². The summed E-state index contributed by atoms with van der Waals surface area (Å²) < 4.78 is 12.9. The van der Waals surface area contributed by atoms with Crippen molar-refractivity contribution in [2.24, 2.45) is 0 Å². The van der Waals surface area contributed by atoms with Gasteiger partial charge in [0, 0.05) is 0 Å². The summed E-state index contributed by atoms with van der Waals surface area (Å²) in [6, 6.07) is 11.4. The van der Waals surface area contributed by atoms with Gasteiger partial charge in [-0.2, -0.15) is 5.26 Å². The Hall–Kier alpha value is -1.44. The Morgan fingerprint density at radius 3 is 2.82 bits per heavy atom. The maximum absolute atomic E-state index is 12.0. The van der Waals surface area contributed by atoms with Crippen molar-refractivity contribution < 1.29 is 4.21 Å². The van der Waals surface area contributed by atoms with Gasteiger partial charge in [-0.15, -0.1) is 11.3 Å². The first-order chi connectivity index (χ1) is 8.20. The van der Waals surface area contributed by atoms with Gasteiger partial charge in [0.25, 0.3) is 0 Å². The van der Waals surface area contributed by atoms with Crippen LogP contribution < -0.4 is 0 Å². The summed E-state index contributed by atoms with van der Waals surface area (Å²) in [6.07, 6.45) is 0. The second kappa shape index (κ2) is 5.26. The van der Waals surface area contributed by atoms with Gasteiger partial charge in [0.1, 0.15) is 0 Å². The topological polar surface area (TPSA) is 40.9 Å². The molecule has 2 rings (SSSR count). The Labute approximate surface area is 107 Å². The highest BCUT2D eigenvalue weighted by molar-refractivity contribution is 7.86. The smallest absolute Gasteiger partial charge is 0.0991 e. The predicted molar refractivity (Wildman–Crippen MR) is 70.3 cm³/mol. The molecule has 2 aromatic rings. The number of nitrogens with zero attached hydrogens (tertiary/aromatic N) is 1. The highest BCUT2D eigenvalue weighted by Crippen LogP contribution is 2.19. The molecule has 0 radical (unpaired) electrons. The van der Waals surface area contributed by atoms with Crippen LogP contribution in [-0.4, -0.2) is 4.21 Å². The van der Waals surface area contributed by atoms with Crippen molar-refractivity contribution in [3.8, 4) is 6.07 Å². The van der Waals surface area contributed by atoms with Gasteiger partial charge in [-0.1, -0.05) is 12.1 Å². The normalized spacial score (nSPS) is 12.0. The molecule has 0 amide bonds. The van der Waals surface area contributed by atoms with Crippen LogP contribution >= 0.6 is 11.3 Å². The van der Waals surface area contributed by atoms with Crippen molar-refractivity contribution in [3.63, 3.8) is 0 Å². The molecule has 0 spiro atoms. The average molecular weight is 261 g/mol. The van der Waals surface area contributed by atoms with Crippen LogP contribution in [0.4, 0.5) is 0 Å². The van der Waals surface area contributed by atoms with E-state index in [1.54, 1.807) is 6.07 Å². The number of nitriles is 1. The monoisotopic (exact) mass is 261 g/mol. The molecule has 17 heavy (non-hydrogen) atoms. The number of benzene rings is 1. The summed E-state index contributed by atoms with van der Waals surface area (Å²) in [5, 5.41) is 10.7. The Morgan fingerprint density at radius 1 is 1.41 bits per heavy atom. The van der Waals surface area contributed by atoms with Crippen molar-refractivity contribution in [3.05, 3.63) is 52.4 Å². The molecule has 1 aromatic carbocycles. The van der Waals surface area contributed by atoms with E-state index < -0.39 is 10.8 Å². The first kappa shape index (κ1) is 12.0. The van der Waals surface area contributed by atoms with Crippen molar-refractivity contribution in [1.29, 1.82) is 5.26 Å². The zero-order valence-corrected chi connectivity index (χ0v) is 11.0. The van der Waals surface area contributed by atoms with E-state index in [1.807, 2.05) is 36.6 Å². The number of thiophene rings is 1. The van der Waals surface area contributed by atoms with Crippen molar-refractivity contribution in [2.45, 2.75) is 16.9 Å². The van der Waals surface area contributed by atoms with Crippen LogP contribution in [-0.2, 0) is 16.6 Å². The van der Waals surface area contributed by atoms with Gasteiger partial charge in [-0.3, -0.25) is 4.21 Å². The van der Waals surface area contributed by atoms with Crippen LogP contribution in [0.1, 0.15) is 16.7 Å². The number of hydrogen-bond donors (Lipinski definition) is 0. The van der Waals surface area contributed by atoms with Crippen molar-refractivity contribution in [2.75, 3.05) is 0 Å². The largest absolute Gasteiger partial charge is 0.253 e. The maximum Gasteiger partial charge on any atom is 0.0991 e. The molecular formula is C13H11NOS2. The molecule has 0 bridgehead atoms. The molecule has 0 fully saturated rings. The van der Waals surface area contributed by atoms with E-state index >= 15 is 0 Å². The third-order valence-corrected chi connectivity index (χ3v) is 5.14. The minimum Gasteiger partial charge on any atom is -0.253 e. The zero-order valence-electron chi connectivity index (χ0n) is 9.34. The van der Waals surface area contributed by atoms with E-state index in [0.29, 0.717) is 11.3 Å². The number of aryl methyl sites for hydroxylation is 1. The lowest BCUT2D eigenvalue weighted by Gasteiger charge is -2.05. The molecule has 0 aliphatic heterocycles. The predicted octanol–water partition coefficient (Wildman–Crippen LogP) is 3.24. The minimum absolute atomic E-state index is 0.512. The lowest BCUT2D eigenvalue weighted by atomic mass is 10.1. The summed E-state index contributed by atoms with van der Waals surface area (Å²) in [5.74, 6) is 0.512. The quantitative estimate of drug-likeness (QED) is 0.851. The Bertz CT molecular complexity index is 582. The lowest BCUT2D eigenvalue weighted by molar-refractivity contribution is 0.684. The van der Waals surface area contributed by atoms with Gasteiger partial charge in [-0.05, 0) is 41.6 Å². The molecule has 1 unspecified atom stereocenters. The van der Waals surface area contributed by atoms with E-state index in [2.05, 4.69) is 6.07 Å². The van der Waals surface area contributed by atoms with E-state index in [1.165, 1.54) is 11.3 Å². The van der Waals surface area contributed by atoms with Gasteiger partial charge in [-0.25, -0.2) is 0 Å². The summed E-state index contributed by atoms with van der Waals surface area (Å²) in [5.41, 5.74) is 2.71. The number of hydrogen-bond acceptors (Lipinski definition) is 3. The summed E-state index contributed by atoms with van der Waals surface area (Å²) in [4.78, 5) is 0. The van der Waals surface area contributed by atoms with Gasteiger partial charge < -0.3 is 0 Å². The fraction of sp³-hybridized carbons (Fsp3) is 0.154. The van der Waals surface area contributed by atoms with E-state index in [9.17, 15) is 4.21 Å². The summed E-state index contributed by atoms with van der Waals surface area (Å²) in [6.45, 7) is 1.95. The Kier molecular flexibility index (Phi) is 3.72. The van der Waals surface area contributed by atoms with E-state index in [4.69, 9.17) is 5.26 Å². The van der Waals surface area contributed by atoms with Gasteiger partial charge in [0.05, 0.1) is 32.4 Å². The van der Waals surface area contributed by atoms with Crippen LogP contribution in [0.3, 0.4) is 0 Å². The molecule has 1 heterocycles. The van der Waals surface area contributed by atoms with Crippen LogP contribution in [0.2, 0.25) is 0 Å². The highest BCUT2D eigenvalue weighted by Gasteiger charge is 2.08. The standard InChI is InChI=1S/C13H11NOS2/c1-10-7-11(8-14)4-5-12(10)9-17(15)13-3-2-6-16-13/h2-7H,9H2,1H3. The molecular weight excluding hydrogens is 250 g/mol. The fourth-order valence-corrected chi connectivity index (χ4v) is 3.73. The van der Waals surface area contributed by atoms with E-state index in [-0.39, 0.29) is 0 Å². The molecule has 0 saturated carbocycles. The average Bonchev–Trinajstić information content (AvgIpc) is 2.85. The third kappa shape index (κ3) is 2.82. The summed E-state index contributed by atoms with van der Waals surface area (Å²) >= 11 is 1.51. The van der Waals surface area contributed by atoms with Crippen LogP contribution in [0, 0.1) is 18.3 Å². The third-order valence-electron chi connectivity index (χ3n) is 2.48. The SMILES string of the molecule is Cc1cc(C#N)ccc1CS(=O)c1cccs1. The Balaban J connectivity index is 2.20. The van der Waals surface area contributed by atoms with Gasteiger partial charge in [0.2, 0.25) is 0 Å². The first-order valence-corrected chi connectivity index (χ1v) is 7.32. The van der Waals surface area contributed by atoms with Gasteiger partial charge >= 0.3 is 0 Å². The lowest BCUT2D eigenvalue weighted by Crippen LogP contribution is -1.97. The molecule has 86 valence electrons. The maximum atomic E-state index is 12.0. The van der Waals surface area contributed by atoms with E-state index in [0.717, 1.165) is 15.3 Å². The molecule has 0 aliphatic carbocycles. The zero-order chi connectivity index (χ0) is 12.3.